The van der Waals surface area contributed by atoms with Gasteiger partial charge in [-0.3, -0.25) is 4.79 Å². The van der Waals surface area contributed by atoms with Gasteiger partial charge in [-0.1, -0.05) is 24.3 Å². The summed E-state index contributed by atoms with van der Waals surface area (Å²) in [6, 6.07) is 0. The van der Waals surface area contributed by atoms with Gasteiger partial charge in [0.25, 0.3) is 0 Å². The molecule has 0 amide bonds. The number of carbonyl (C=O) groups excluding carboxylic acids is 2. The largest absolute Gasteiger partial charge is 0.454 e. The summed E-state index contributed by atoms with van der Waals surface area (Å²) >= 11 is 0. The third kappa shape index (κ3) is 3.86. The minimum absolute atomic E-state index is 0.00681. The predicted molar refractivity (Wildman–Crippen MR) is 93.5 cm³/mol. The molecule has 1 aliphatic carbocycles. The van der Waals surface area contributed by atoms with Crippen molar-refractivity contribution in [3.05, 3.63) is 35.5 Å². The molecule has 2 aliphatic rings. The van der Waals surface area contributed by atoms with E-state index >= 15 is 0 Å². The first-order valence-corrected chi connectivity index (χ1v) is 8.56. The number of esters is 1. The number of allylic oxidation sites excluding steroid dienone is 2. The number of epoxide rings is 1. The Labute approximate surface area is 144 Å². The summed E-state index contributed by atoms with van der Waals surface area (Å²) in [6.07, 6.45) is 5.11. The summed E-state index contributed by atoms with van der Waals surface area (Å²) in [5.74, 6) is -0.199. The van der Waals surface area contributed by atoms with Crippen LogP contribution in [-0.4, -0.2) is 29.6 Å². The van der Waals surface area contributed by atoms with Gasteiger partial charge in [0.1, 0.15) is 11.7 Å². The van der Waals surface area contributed by atoms with Crippen LogP contribution in [0.25, 0.3) is 0 Å². The van der Waals surface area contributed by atoms with Crippen LogP contribution in [0.5, 0.6) is 0 Å². The van der Waals surface area contributed by atoms with Crippen LogP contribution in [0, 0.1) is 5.92 Å². The Morgan fingerprint density at radius 3 is 2.67 bits per heavy atom. The van der Waals surface area contributed by atoms with Crippen LogP contribution in [0.1, 0.15) is 53.9 Å². The SMILES string of the molecule is C=C(C1CC(=O)C2(C)OC2C1)C(CC=C(C)C)OC(=O)C(C)=CC. The van der Waals surface area contributed by atoms with Gasteiger partial charge >= 0.3 is 5.97 Å². The molecule has 0 bridgehead atoms. The van der Waals surface area contributed by atoms with E-state index < -0.39 is 11.7 Å². The van der Waals surface area contributed by atoms with Gasteiger partial charge in [0.05, 0.1) is 6.10 Å². The van der Waals surface area contributed by atoms with E-state index in [4.69, 9.17) is 9.47 Å². The van der Waals surface area contributed by atoms with E-state index in [-0.39, 0.29) is 23.8 Å². The lowest BCUT2D eigenvalue weighted by atomic mass is 9.77. The van der Waals surface area contributed by atoms with E-state index in [1.54, 1.807) is 13.0 Å². The van der Waals surface area contributed by atoms with Crippen molar-refractivity contribution in [2.75, 3.05) is 0 Å². The molecule has 0 N–H and O–H groups in total. The number of carbonyl (C=O) groups is 2. The quantitative estimate of drug-likeness (QED) is 0.320. The normalized spacial score (nSPS) is 30.2. The Bertz CT molecular complexity index is 609. The number of fused-ring (bicyclic) bond motifs is 1. The highest BCUT2D eigenvalue weighted by atomic mass is 16.6. The first kappa shape index (κ1) is 18.7. The van der Waals surface area contributed by atoms with Gasteiger partial charge in [-0.15, -0.1) is 0 Å². The highest BCUT2D eigenvalue weighted by Crippen LogP contribution is 2.49. The fraction of sp³-hybridized carbons (Fsp3) is 0.600. The van der Waals surface area contributed by atoms with E-state index in [2.05, 4.69) is 6.58 Å². The van der Waals surface area contributed by atoms with Crippen LogP contribution in [0.4, 0.5) is 0 Å². The smallest absolute Gasteiger partial charge is 0.333 e. The van der Waals surface area contributed by atoms with E-state index in [0.29, 0.717) is 18.4 Å². The zero-order chi connectivity index (χ0) is 18.1. The third-order valence-corrected chi connectivity index (χ3v) is 5.11. The van der Waals surface area contributed by atoms with Gasteiger partial charge in [-0.05, 0) is 52.5 Å². The fourth-order valence-electron chi connectivity index (χ4n) is 3.05. The van der Waals surface area contributed by atoms with Crippen LogP contribution in [0.15, 0.2) is 35.5 Å². The van der Waals surface area contributed by atoms with Crippen LogP contribution >= 0.6 is 0 Å². The van der Waals surface area contributed by atoms with Gasteiger partial charge in [-0.2, -0.15) is 0 Å². The van der Waals surface area contributed by atoms with Gasteiger partial charge in [-0.25, -0.2) is 4.79 Å². The van der Waals surface area contributed by atoms with Crippen LogP contribution in [-0.2, 0) is 19.1 Å². The average Bonchev–Trinajstić information content (AvgIpc) is 3.21. The maximum Gasteiger partial charge on any atom is 0.333 e. The number of hydrogen-bond donors (Lipinski definition) is 0. The molecule has 4 nitrogen and oxygen atoms in total. The van der Waals surface area contributed by atoms with E-state index in [9.17, 15) is 9.59 Å². The van der Waals surface area contributed by atoms with Crippen LogP contribution in [0.2, 0.25) is 0 Å². The first-order valence-electron chi connectivity index (χ1n) is 8.56. The minimum atomic E-state index is -0.579. The van der Waals surface area contributed by atoms with Crippen molar-refractivity contribution in [3.63, 3.8) is 0 Å². The average molecular weight is 332 g/mol. The molecule has 4 atom stereocenters. The van der Waals surface area contributed by atoms with Crippen molar-refractivity contribution >= 4 is 11.8 Å². The molecule has 1 saturated heterocycles. The molecule has 0 radical (unpaired) electrons. The summed E-state index contributed by atoms with van der Waals surface area (Å²) in [6.45, 7) is 13.6. The Kier molecular flexibility index (Phi) is 5.49. The number of Topliss-reactive ketones (excluding diaryl/α,β-unsaturated/α-hetero) is 1. The molecule has 0 spiro atoms. The second-order valence-electron chi connectivity index (χ2n) is 7.23. The monoisotopic (exact) mass is 332 g/mol. The van der Waals surface area contributed by atoms with Crippen LogP contribution < -0.4 is 0 Å². The lowest BCUT2D eigenvalue weighted by molar-refractivity contribution is -0.142. The minimum Gasteiger partial charge on any atom is -0.454 e. The molecular formula is C20H28O4. The lowest BCUT2D eigenvalue weighted by Gasteiger charge is -2.28. The van der Waals surface area contributed by atoms with Crippen LogP contribution in [0.3, 0.4) is 0 Å². The molecule has 4 heteroatoms. The maximum atomic E-state index is 12.2. The van der Waals surface area contributed by atoms with E-state index in [1.807, 2.05) is 33.8 Å². The lowest BCUT2D eigenvalue weighted by Crippen LogP contribution is -2.35. The molecular weight excluding hydrogens is 304 g/mol. The molecule has 2 fully saturated rings. The van der Waals surface area contributed by atoms with Gasteiger partial charge in [0.2, 0.25) is 0 Å². The van der Waals surface area contributed by atoms with Crippen molar-refractivity contribution in [2.24, 2.45) is 5.92 Å². The summed E-state index contributed by atoms with van der Waals surface area (Å²) in [5.41, 5.74) is 1.97. The van der Waals surface area contributed by atoms with Crippen molar-refractivity contribution in [3.8, 4) is 0 Å². The Morgan fingerprint density at radius 2 is 2.12 bits per heavy atom. The topological polar surface area (TPSA) is 55.9 Å². The second kappa shape index (κ2) is 7.06. The zero-order valence-corrected chi connectivity index (χ0v) is 15.3. The van der Waals surface area contributed by atoms with E-state index in [0.717, 1.165) is 17.6 Å². The standard InChI is InChI=1S/C20H28O4/c1-7-13(4)19(22)23-16(9-8-12(2)3)14(5)15-10-17(21)20(6)18(11-15)24-20/h7-8,15-16,18H,5,9-11H2,1-4,6H3. The summed E-state index contributed by atoms with van der Waals surface area (Å²) < 4.78 is 11.2. The molecule has 1 aliphatic heterocycles. The van der Waals surface area contributed by atoms with Crippen molar-refractivity contribution in [1.29, 1.82) is 0 Å². The molecule has 2 rings (SSSR count). The molecule has 4 unspecified atom stereocenters. The number of rotatable bonds is 6. The Hall–Kier alpha value is -1.68. The molecule has 1 heterocycles. The molecule has 0 aromatic heterocycles. The predicted octanol–water partition coefficient (Wildman–Crippen LogP) is 3.91. The molecule has 132 valence electrons. The summed E-state index contributed by atoms with van der Waals surface area (Å²) in [5, 5.41) is 0. The van der Waals surface area contributed by atoms with Crippen molar-refractivity contribution in [2.45, 2.75) is 71.7 Å². The second-order valence-corrected chi connectivity index (χ2v) is 7.23. The Morgan fingerprint density at radius 1 is 1.46 bits per heavy atom. The van der Waals surface area contributed by atoms with Gasteiger partial charge in [0, 0.05) is 18.4 Å². The molecule has 1 saturated carbocycles. The van der Waals surface area contributed by atoms with E-state index in [1.165, 1.54) is 0 Å². The highest BCUT2D eigenvalue weighted by molar-refractivity contribution is 5.91. The number of hydrogen-bond acceptors (Lipinski definition) is 4. The first-order chi connectivity index (χ1) is 11.2. The van der Waals surface area contributed by atoms with Gasteiger partial charge < -0.3 is 9.47 Å². The molecule has 0 aromatic rings. The fourth-order valence-corrected chi connectivity index (χ4v) is 3.05. The number of ether oxygens (including phenoxy) is 2. The molecule has 24 heavy (non-hydrogen) atoms. The maximum absolute atomic E-state index is 12.2. The van der Waals surface area contributed by atoms with Gasteiger partial charge in [0.15, 0.2) is 5.78 Å². The molecule has 0 aromatic carbocycles. The number of ketones is 1. The Balaban J connectivity index is 2.10. The zero-order valence-electron chi connectivity index (χ0n) is 15.3. The highest BCUT2D eigenvalue weighted by Gasteiger charge is 2.61. The third-order valence-electron chi connectivity index (χ3n) is 5.11. The van der Waals surface area contributed by atoms with Crippen molar-refractivity contribution < 1.29 is 19.1 Å². The summed E-state index contributed by atoms with van der Waals surface area (Å²) in [7, 11) is 0. The summed E-state index contributed by atoms with van der Waals surface area (Å²) in [4.78, 5) is 24.4. The van der Waals surface area contributed by atoms with Crippen molar-refractivity contribution in [1.82, 2.24) is 0 Å².